The molecule has 0 heterocycles. The van der Waals surface area contributed by atoms with Crippen LogP contribution in [0.5, 0.6) is 5.75 Å². The molecule has 0 radical (unpaired) electrons. The number of ether oxygens (including phenoxy) is 1. The van der Waals surface area contributed by atoms with Crippen molar-refractivity contribution in [1.82, 2.24) is 10.2 Å². The van der Waals surface area contributed by atoms with Crippen LogP contribution in [0.2, 0.25) is 10.0 Å². The Labute approximate surface area is 292 Å². The molecule has 2 amide bonds. The van der Waals surface area contributed by atoms with E-state index in [0.717, 1.165) is 41.1 Å². The largest absolute Gasteiger partial charge is 0.495 e. The Morgan fingerprint density at radius 2 is 1.54 bits per heavy atom. The van der Waals surface area contributed by atoms with Gasteiger partial charge in [0.1, 0.15) is 18.3 Å². The maximum atomic E-state index is 14.7. The predicted octanol–water partition coefficient (Wildman–Crippen LogP) is 7.20. The van der Waals surface area contributed by atoms with Crippen LogP contribution in [-0.2, 0) is 32.6 Å². The number of methoxy groups -OCH3 is 1. The lowest BCUT2D eigenvalue weighted by molar-refractivity contribution is -0.140. The number of hydrogen-bond donors (Lipinski definition) is 1. The van der Waals surface area contributed by atoms with Gasteiger partial charge in [0, 0.05) is 19.0 Å². The molecule has 0 aliphatic heterocycles. The van der Waals surface area contributed by atoms with Crippen LogP contribution in [0.15, 0.2) is 102 Å². The first-order chi connectivity index (χ1) is 23.1. The lowest BCUT2D eigenvalue weighted by Crippen LogP contribution is -2.54. The van der Waals surface area contributed by atoms with E-state index in [1.54, 1.807) is 54.6 Å². The van der Waals surface area contributed by atoms with E-state index in [4.69, 9.17) is 27.9 Å². The number of hydrogen-bond acceptors (Lipinski definition) is 5. The number of anilines is 1. The van der Waals surface area contributed by atoms with Crippen LogP contribution in [0, 0.1) is 6.92 Å². The van der Waals surface area contributed by atoms with Crippen LogP contribution < -0.4 is 14.4 Å². The van der Waals surface area contributed by atoms with Gasteiger partial charge in [0.2, 0.25) is 11.8 Å². The summed E-state index contributed by atoms with van der Waals surface area (Å²) in [7, 11) is -2.83. The summed E-state index contributed by atoms with van der Waals surface area (Å²) in [5.41, 5.74) is 2.57. The SMILES string of the molecule is COc1ccccc1N(CC(=O)N(Cc1ccc(Cl)c(Cl)c1)C(Cc1ccccc1)C(=O)NC1CCCC1)S(=O)(=O)c1ccc(C)cc1. The number of para-hydroxylation sites is 2. The molecule has 1 aliphatic rings. The minimum atomic E-state index is -4.27. The summed E-state index contributed by atoms with van der Waals surface area (Å²) in [4.78, 5) is 30.4. The lowest BCUT2D eigenvalue weighted by atomic mass is 10.0. The van der Waals surface area contributed by atoms with Gasteiger partial charge in [-0.05, 0) is 67.3 Å². The first kappa shape index (κ1) is 35.3. The van der Waals surface area contributed by atoms with Crippen LogP contribution in [0.25, 0.3) is 0 Å². The fourth-order valence-corrected chi connectivity index (χ4v) is 7.69. The normalized spacial score (nSPS) is 13.9. The van der Waals surface area contributed by atoms with E-state index in [0.29, 0.717) is 15.6 Å². The van der Waals surface area contributed by atoms with E-state index >= 15 is 0 Å². The van der Waals surface area contributed by atoms with Crippen molar-refractivity contribution in [2.45, 2.75) is 62.6 Å². The average Bonchev–Trinajstić information content (AvgIpc) is 3.60. The number of halogens is 2. The van der Waals surface area contributed by atoms with Crippen molar-refractivity contribution < 1.29 is 22.7 Å². The lowest BCUT2D eigenvalue weighted by Gasteiger charge is -2.34. The van der Waals surface area contributed by atoms with Crippen LogP contribution in [0.3, 0.4) is 0 Å². The number of carbonyl (C=O) groups is 2. The minimum Gasteiger partial charge on any atom is -0.495 e. The van der Waals surface area contributed by atoms with Crippen molar-refractivity contribution in [2.24, 2.45) is 0 Å². The van der Waals surface area contributed by atoms with Crippen LogP contribution in [-0.4, -0.2) is 50.9 Å². The van der Waals surface area contributed by atoms with Gasteiger partial charge in [0.15, 0.2) is 0 Å². The highest BCUT2D eigenvalue weighted by Gasteiger charge is 2.36. The maximum absolute atomic E-state index is 14.7. The van der Waals surface area contributed by atoms with Crippen molar-refractivity contribution in [3.8, 4) is 5.75 Å². The third kappa shape index (κ3) is 8.50. The molecule has 0 aromatic heterocycles. The third-order valence-electron chi connectivity index (χ3n) is 8.55. The smallest absolute Gasteiger partial charge is 0.264 e. The number of nitrogens with zero attached hydrogens (tertiary/aromatic N) is 2. The molecule has 1 unspecified atom stereocenters. The van der Waals surface area contributed by atoms with Gasteiger partial charge in [-0.1, -0.05) is 102 Å². The highest BCUT2D eigenvalue weighted by atomic mass is 35.5. The van der Waals surface area contributed by atoms with Crippen LogP contribution >= 0.6 is 23.2 Å². The quantitative estimate of drug-likeness (QED) is 0.159. The molecular weight excluding hydrogens is 669 g/mol. The van der Waals surface area contributed by atoms with E-state index < -0.39 is 28.5 Å². The molecule has 1 N–H and O–H groups in total. The molecule has 4 aromatic carbocycles. The van der Waals surface area contributed by atoms with Crippen molar-refractivity contribution in [3.05, 3.63) is 124 Å². The van der Waals surface area contributed by atoms with Crippen LogP contribution in [0.1, 0.15) is 42.4 Å². The topological polar surface area (TPSA) is 96.0 Å². The van der Waals surface area contributed by atoms with Gasteiger partial charge in [-0.25, -0.2) is 8.42 Å². The second-order valence-corrected chi connectivity index (χ2v) is 14.6. The fourth-order valence-electron chi connectivity index (χ4n) is 5.94. The van der Waals surface area contributed by atoms with Crippen molar-refractivity contribution in [3.63, 3.8) is 0 Å². The fraction of sp³-hybridized carbons (Fsp3) is 0.297. The number of amides is 2. The molecule has 8 nitrogen and oxygen atoms in total. The van der Waals surface area contributed by atoms with E-state index in [1.165, 1.54) is 24.1 Å². The Bertz CT molecular complexity index is 1830. The number of nitrogens with one attached hydrogen (secondary N) is 1. The molecule has 4 aromatic rings. The monoisotopic (exact) mass is 707 g/mol. The molecule has 1 aliphatic carbocycles. The molecule has 1 saturated carbocycles. The summed E-state index contributed by atoms with van der Waals surface area (Å²) in [5.74, 6) is -0.605. The molecule has 252 valence electrons. The Balaban J connectivity index is 1.60. The van der Waals surface area contributed by atoms with E-state index in [-0.39, 0.29) is 41.2 Å². The van der Waals surface area contributed by atoms with Crippen molar-refractivity contribution in [2.75, 3.05) is 18.0 Å². The number of benzene rings is 4. The molecule has 48 heavy (non-hydrogen) atoms. The highest BCUT2D eigenvalue weighted by Crippen LogP contribution is 2.33. The molecule has 0 spiro atoms. The van der Waals surface area contributed by atoms with Gasteiger partial charge in [0.25, 0.3) is 10.0 Å². The Hall–Kier alpha value is -4.05. The Morgan fingerprint density at radius 3 is 2.21 bits per heavy atom. The first-order valence-electron chi connectivity index (χ1n) is 15.9. The molecular formula is C37H39Cl2N3O5S. The van der Waals surface area contributed by atoms with Crippen LogP contribution in [0.4, 0.5) is 5.69 Å². The highest BCUT2D eigenvalue weighted by molar-refractivity contribution is 7.92. The van der Waals surface area contributed by atoms with Crippen molar-refractivity contribution >= 4 is 50.7 Å². The second kappa shape index (κ2) is 15.9. The predicted molar refractivity (Wildman–Crippen MR) is 190 cm³/mol. The van der Waals surface area contributed by atoms with Gasteiger partial charge < -0.3 is 15.0 Å². The van der Waals surface area contributed by atoms with Crippen molar-refractivity contribution in [1.29, 1.82) is 0 Å². The molecule has 1 fully saturated rings. The van der Waals surface area contributed by atoms with E-state index in [2.05, 4.69) is 5.32 Å². The van der Waals surface area contributed by atoms with Gasteiger partial charge in [-0.3, -0.25) is 13.9 Å². The second-order valence-electron chi connectivity index (χ2n) is 12.0. The minimum absolute atomic E-state index is 0.00435. The number of carbonyl (C=O) groups excluding carboxylic acids is 2. The summed E-state index contributed by atoms with van der Waals surface area (Å²) in [6.45, 7) is 1.25. The Kier molecular flexibility index (Phi) is 11.7. The zero-order valence-corrected chi connectivity index (χ0v) is 29.3. The molecule has 0 bridgehead atoms. The molecule has 11 heteroatoms. The average molecular weight is 709 g/mol. The number of sulfonamides is 1. The van der Waals surface area contributed by atoms with E-state index in [9.17, 15) is 18.0 Å². The summed E-state index contributed by atoms with van der Waals surface area (Å²) in [6.07, 6.45) is 3.98. The number of rotatable bonds is 13. The standard InChI is InChI=1S/C37H39Cl2N3O5S/c1-26-16-19-30(20-17-26)48(45,46)42(33-14-8-9-15-35(33)47-2)25-36(43)41(24-28-18-21-31(38)32(39)22-28)34(23-27-10-4-3-5-11-27)37(44)40-29-12-6-7-13-29/h3-5,8-11,14-22,29,34H,6-7,12-13,23-25H2,1-2H3,(H,40,44). The summed E-state index contributed by atoms with van der Waals surface area (Å²) in [5, 5.41) is 3.83. The third-order valence-corrected chi connectivity index (χ3v) is 11.1. The molecule has 5 rings (SSSR count). The van der Waals surface area contributed by atoms with Gasteiger partial charge in [-0.2, -0.15) is 0 Å². The van der Waals surface area contributed by atoms with Gasteiger partial charge in [-0.15, -0.1) is 0 Å². The summed E-state index contributed by atoms with van der Waals surface area (Å²) < 4.78 is 35.3. The zero-order valence-electron chi connectivity index (χ0n) is 26.9. The first-order valence-corrected chi connectivity index (χ1v) is 18.1. The molecule has 0 saturated heterocycles. The van der Waals surface area contributed by atoms with Gasteiger partial charge in [0.05, 0.1) is 27.7 Å². The Morgan fingerprint density at radius 1 is 0.875 bits per heavy atom. The van der Waals surface area contributed by atoms with Gasteiger partial charge >= 0.3 is 0 Å². The molecule has 1 atom stereocenters. The maximum Gasteiger partial charge on any atom is 0.264 e. The summed E-state index contributed by atoms with van der Waals surface area (Å²) in [6, 6.07) is 26.6. The van der Waals surface area contributed by atoms with E-state index in [1.807, 2.05) is 37.3 Å². The summed E-state index contributed by atoms with van der Waals surface area (Å²) >= 11 is 12.6. The number of aryl methyl sites for hydroxylation is 1. The zero-order chi connectivity index (χ0) is 34.3.